The number of carbonyl (C=O) groups is 2. The van der Waals surface area contributed by atoms with Gasteiger partial charge < -0.3 is 9.47 Å². The molecule has 152 valence electrons. The van der Waals surface area contributed by atoms with Crippen LogP contribution in [-0.4, -0.2) is 39.8 Å². The van der Waals surface area contributed by atoms with E-state index < -0.39 is 11.8 Å². The maximum Gasteiger partial charge on any atom is 0.267 e. The Morgan fingerprint density at radius 1 is 0.935 bits per heavy atom. The summed E-state index contributed by atoms with van der Waals surface area (Å²) in [4.78, 5) is 32.4. The van der Waals surface area contributed by atoms with Crippen molar-refractivity contribution in [3.8, 4) is 22.8 Å². The van der Waals surface area contributed by atoms with E-state index in [1.54, 1.807) is 29.9 Å². The highest BCUT2D eigenvalue weighted by molar-refractivity contribution is 6.38. The van der Waals surface area contributed by atoms with E-state index in [1.165, 1.54) is 6.20 Å². The van der Waals surface area contributed by atoms with E-state index in [2.05, 4.69) is 10.1 Å². The average Bonchev–Trinajstić information content (AvgIpc) is 3.28. The van der Waals surface area contributed by atoms with E-state index in [9.17, 15) is 9.59 Å². The average molecular weight is 412 g/mol. The molecule has 2 aromatic carbocycles. The van der Waals surface area contributed by atoms with Gasteiger partial charge in [0.15, 0.2) is 17.1 Å². The lowest BCUT2D eigenvalue weighted by Gasteiger charge is -2.21. The first kappa shape index (κ1) is 17.6. The van der Waals surface area contributed by atoms with Crippen LogP contribution in [0.15, 0.2) is 54.7 Å². The highest BCUT2D eigenvalue weighted by Crippen LogP contribution is 2.39. The number of nitrogens with zero attached hydrogens (tertiary/aromatic N) is 4. The lowest BCUT2D eigenvalue weighted by molar-refractivity contribution is 0.0926. The molecular weight excluding hydrogens is 396 g/mol. The minimum absolute atomic E-state index is 0.262. The molecular formula is C23H16N4O4. The SMILES string of the molecule is Cn1nc(-c2ccccc2)c2c3c(cnc21)C(=O)N(c1ccc2c(c1)OCCO2)C3=O. The molecule has 0 saturated heterocycles. The number of hydrogen-bond donors (Lipinski definition) is 0. The van der Waals surface area contributed by atoms with Crippen molar-refractivity contribution in [1.29, 1.82) is 0 Å². The molecule has 0 saturated carbocycles. The minimum atomic E-state index is -0.422. The lowest BCUT2D eigenvalue weighted by Crippen LogP contribution is -2.29. The molecule has 4 heterocycles. The van der Waals surface area contributed by atoms with Gasteiger partial charge in [0.1, 0.15) is 18.9 Å². The van der Waals surface area contributed by atoms with Crippen LogP contribution in [-0.2, 0) is 7.05 Å². The number of pyridine rings is 1. The largest absolute Gasteiger partial charge is 0.486 e. The Balaban J connectivity index is 1.54. The van der Waals surface area contributed by atoms with Crippen molar-refractivity contribution in [3.05, 3.63) is 65.9 Å². The Bertz CT molecular complexity index is 1390. The predicted molar refractivity (Wildman–Crippen MR) is 113 cm³/mol. The first-order valence-corrected chi connectivity index (χ1v) is 9.83. The summed E-state index contributed by atoms with van der Waals surface area (Å²) in [7, 11) is 1.77. The summed E-state index contributed by atoms with van der Waals surface area (Å²) in [5.41, 5.74) is 3.01. The molecule has 4 aromatic rings. The molecule has 0 fully saturated rings. The molecule has 2 aliphatic rings. The number of carbonyl (C=O) groups excluding carboxylic acids is 2. The first-order valence-electron chi connectivity index (χ1n) is 9.83. The second kappa shape index (κ2) is 6.40. The summed E-state index contributed by atoms with van der Waals surface area (Å²) < 4.78 is 12.8. The lowest BCUT2D eigenvalue weighted by atomic mass is 10.0. The normalized spacial score (nSPS) is 14.9. The van der Waals surface area contributed by atoms with Gasteiger partial charge in [-0.15, -0.1) is 0 Å². The van der Waals surface area contributed by atoms with Gasteiger partial charge in [-0.25, -0.2) is 14.6 Å². The molecule has 6 rings (SSSR count). The number of anilines is 1. The molecule has 0 atom stereocenters. The van der Waals surface area contributed by atoms with E-state index in [0.717, 1.165) is 10.5 Å². The topological polar surface area (TPSA) is 86.6 Å². The van der Waals surface area contributed by atoms with Gasteiger partial charge in [0.05, 0.1) is 22.2 Å². The number of amides is 2. The molecule has 0 unspecified atom stereocenters. The Hall–Kier alpha value is -4.20. The number of benzene rings is 2. The van der Waals surface area contributed by atoms with Gasteiger partial charge in [0, 0.05) is 24.9 Å². The molecule has 2 aliphatic heterocycles. The Morgan fingerprint density at radius 2 is 1.71 bits per heavy atom. The fourth-order valence-corrected chi connectivity index (χ4v) is 4.13. The minimum Gasteiger partial charge on any atom is -0.486 e. The smallest absolute Gasteiger partial charge is 0.267 e. The van der Waals surface area contributed by atoms with Crippen molar-refractivity contribution in [2.24, 2.45) is 7.05 Å². The molecule has 0 spiro atoms. The van der Waals surface area contributed by atoms with Gasteiger partial charge in [-0.3, -0.25) is 9.59 Å². The molecule has 2 aromatic heterocycles. The number of ether oxygens (including phenoxy) is 2. The zero-order valence-electron chi connectivity index (χ0n) is 16.5. The number of fused-ring (bicyclic) bond motifs is 4. The van der Waals surface area contributed by atoms with Crippen LogP contribution in [0.4, 0.5) is 5.69 Å². The van der Waals surface area contributed by atoms with Gasteiger partial charge in [0.25, 0.3) is 11.8 Å². The number of rotatable bonds is 2. The van der Waals surface area contributed by atoms with Crippen LogP contribution >= 0.6 is 0 Å². The second-order valence-electron chi connectivity index (χ2n) is 7.36. The van der Waals surface area contributed by atoms with Crippen LogP contribution in [0.1, 0.15) is 20.7 Å². The van der Waals surface area contributed by atoms with Crippen molar-refractivity contribution in [3.63, 3.8) is 0 Å². The zero-order valence-corrected chi connectivity index (χ0v) is 16.5. The maximum absolute atomic E-state index is 13.6. The summed E-state index contributed by atoms with van der Waals surface area (Å²) in [5.74, 6) is 0.271. The fraction of sp³-hybridized carbons (Fsp3) is 0.130. The van der Waals surface area contributed by atoms with Crippen LogP contribution in [0.2, 0.25) is 0 Å². The molecule has 0 N–H and O–H groups in total. The standard InChI is InChI=1S/C23H16N4O4/c1-26-21-19(20(25-26)13-5-3-2-4-6-13)18-15(12-24-21)22(28)27(23(18)29)14-7-8-16-17(11-14)31-10-9-30-16/h2-8,11-12H,9-10H2,1H3. The van der Waals surface area contributed by atoms with Crippen molar-refractivity contribution in [2.45, 2.75) is 0 Å². The van der Waals surface area contributed by atoms with Crippen LogP contribution < -0.4 is 14.4 Å². The van der Waals surface area contributed by atoms with Crippen LogP contribution in [0, 0.1) is 0 Å². The molecule has 0 bridgehead atoms. The second-order valence-corrected chi connectivity index (χ2v) is 7.36. The molecule has 0 radical (unpaired) electrons. The quantitative estimate of drug-likeness (QED) is 0.470. The van der Waals surface area contributed by atoms with Gasteiger partial charge >= 0.3 is 0 Å². The van der Waals surface area contributed by atoms with Gasteiger partial charge in [0.2, 0.25) is 0 Å². The molecule has 8 nitrogen and oxygen atoms in total. The number of hydrogen-bond acceptors (Lipinski definition) is 6. The Kier molecular flexibility index (Phi) is 3.64. The highest BCUT2D eigenvalue weighted by Gasteiger charge is 2.40. The Labute approximate surface area is 176 Å². The van der Waals surface area contributed by atoms with E-state index >= 15 is 0 Å². The maximum atomic E-state index is 13.6. The van der Waals surface area contributed by atoms with Crippen LogP contribution in [0.25, 0.3) is 22.3 Å². The van der Waals surface area contributed by atoms with Gasteiger partial charge in [-0.1, -0.05) is 30.3 Å². The fourth-order valence-electron chi connectivity index (χ4n) is 4.13. The zero-order chi connectivity index (χ0) is 21.1. The molecule has 31 heavy (non-hydrogen) atoms. The Morgan fingerprint density at radius 3 is 2.52 bits per heavy atom. The van der Waals surface area contributed by atoms with Crippen LogP contribution in [0.3, 0.4) is 0 Å². The third-order valence-corrected chi connectivity index (χ3v) is 5.53. The molecule has 2 amide bonds. The van der Waals surface area contributed by atoms with Crippen molar-refractivity contribution < 1.29 is 19.1 Å². The summed E-state index contributed by atoms with van der Waals surface area (Å²) in [6.45, 7) is 0.880. The van der Waals surface area contributed by atoms with Gasteiger partial charge in [-0.05, 0) is 12.1 Å². The number of imide groups is 1. The summed E-state index contributed by atoms with van der Waals surface area (Å²) in [6.07, 6.45) is 1.45. The first-order chi connectivity index (χ1) is 15.1. The van der Waals surface area contributed by atoms with Crippen LogP contribution in [0.5, 0.6) is 11.5 Å². The molecule has 8 heteroatoms. The third-order valence-electron chi connectivity index (χ3n) is 5.53. The number of aryl methyl sites for hydroxylation is 1. The summed E-state index contributed by atoms with van der Waals surface area (Å²) >= 11 is 0. The highest BCUT2D eigenvalue weighted by atomic mass is 16.6. The number of aromatic nitrogens is 3. The van der Waals surface area contributed by atoms with Crippen molar-refractivity contribution in [1.82, 2.24) is 14.8 Å². The summed E-state index contributed by atoms with van der Waals surface area (Å²) in [5, 5.41) is 5.16. The monoisotopic (exact) mass is 412 g/mol. The van der Waals surface area contributed by atoms with E-state index in [4.69, 9.17) is 9.47 Å². The predicted octanol–water partition coefficient (Wildman–Crippen LogP) is 3.21. The summed E-state index contributed by atoms with van der Waals surface area (Å²) in [6, 6.07) is 14.6. The van der Waals surface area contributed by atoms with E-state index in [-0.39, 0.29) is 5.56 Å². The third kappa shape index (κ3) is 2.48. The van der Waals surface area contributed by atoms with Crippen molar-refractivity contribution >= 4 is 28.5 Å². The van der Waals surface area contributed by atoms with Crippen molar-refractivity contribution in [2.75, 3.05) is 18.1 Å². The van der Waals surface area contributed by atoms with Gasteiger partial charge in [-0.2, -0.15) is 5.10 Å². The molecule has 0 aliphatic carbocycles. The van der Waals surface area contributed by atoms with E-state index in [1.807, 2.05) is 30.3 Å². The van der Waals surface area contributed by atoms with E-state index in [0.29, 0.717) is 52.7 Å².